The number of nitrogens with two attached hydrogens (primary N) is 4. The van der Waals surface area contributed by atoms with Crippen molar-refractivity contribution in [2.75, 3.05) is 52.2 Å². The van der Waals surface area contributed by atoms with Crippen LogP contribution in [0.3, 0.4) is 0 Å². The monoisotopic (exact) mass is 923 g/mol. The molecule has 1 aliphatic heterocycles. The van der Waals surface area contributed by atoms with E-state index in [0.29, 0.717) is 33.9 Å². The van der Waals surface area contributed by atoms with Crippen LogP contribution in [0.15, 0.2) is 66.7 Å². The summed E-state index contributed by atoms with van der Waals surface area (Å²) in [6.45, 7) is 7.98. The highest BCUT2D eigenvalue weighted by atomic mass is 35.5. The van der Waals surface area contributed by atoms with Gasteiger partial charge in [0.25, 0.3) is 5.91 Å². The van der Waals surface area contributed by atoms with Crippen molar-refractivity contribution in [3.8, 4) is 40.0 Å². The zero-order valence-corrected chi connectivity index (χ0v) is 38.5. The Hall–Kier alpha value is -6.78. The minimum atomic E-state index is -1.44. The molecule has 0 spiro atoms. The third kappa shape index (κ3) is 12.1. The Labute approximate surface area is 389 Å². The average molecular weight is 925 g/mol. The van der Waals surface area contributed by atoms with Crippen LogP contribution in [0.5, 0.6) is 11.5 Å². The van der Waals surface area contributed by atoms with Gasteiger partial charge in [-0.1, -0.05) is 68.8 Å². The van der Waals surface area contributed by atoms with Gasteiger partial charge in [0.05, 0.1) is 17.3 Å². The van der Waals surface area contributed by atoms with Gasteiger partial charge in [0.2, 0.25) is 23.6 Å². The number of nitrogens with zero attached hydrogens (tertiary/aromatic N) is 3. The van der Waals surface area contributed by atoms with Gasteiger partial charge in [0.1, 0.15) is 60.6 Å². The number of hydrogen-bond donors (Lipinski definition) is 8. The molecule has 0 saturated heterocycles. The SMILES string of the molecule is C[C@@H]1NC(=O)[C@@H](N(C)C(=O)[C@H](CCN)NC(=O)c2c(N)cc(-c3ccc(C(C)(C)C)cc3)nc2Cl)c2ccc(OCCN)c(c2)-c2cc(ccc2OCCN)C[C@@H](C(=O)NCC#N)NC1=O. The van der Waals surface area contributed by atoms with Gasteiger partial charge in [-0.2, -0.15) is 5.26 Å². The second-order valence-electron chi connectivity index (χ2n) is 16.8. The average Bonchev–Trinajstić information content (AvgIpc) is 3.28. The standard InChI is InChI=1S/C47H58ClN11O7/c1-26-42(60)58-36(43(61)54-19-16-50)23-27-6-12-37(65-20-17-51)31(22-27)32-24-29(9-13-38(32)66-21-18-52)40(45(63)55-26)59(5)46(64)34(14-15-49)57-44(62)39-33(53)25-35(56-41(39)48)28-7-10-30(11-8-28)47(2,3)4/h6-13,22,24-26,34,36,40H,14-15,17-21,23,49,51-52H2,1-5H3,(H2,53,56)(H,54,61)(H,55,63)(H,57,62)(H,58,60)/t26-,34-,36-,40-/m0/s1. The summed E-state index contributed by atoms with van der Waals surface area (Å²) in [6.07, 6.45) is -0.0740. The molecule has 4 atom stereocenters. The molecule has 1 aliphatic rings. The third-order valence-corrected chi connectivity index (χ3v) is 11.2. The van der Waals surface area contributed by atoms with E-state index in [1.165, 1.54) is 20.0 Å². The first kappa shape index (κ1) is 50.2. The summed E-state index contributed by atoms with van der Waals surface area (Å²) < 4.78 is 12.2. The fraction of sp³-hybridized carbons (Fsp3) is 0.383. The zero-order valence-electron chi connectivity index (χ0n) is 37.7. The molecule has 4 aromatic rings. The van der Waals surface area contributed by atoms with Crippen LogP contribution >= 0.6 is 11.6 Å². The first-order chi connectivity index (χ1) is 31.4. The lowest BCUT2D eigenvalue weighted by atomic mass is 9.86. The number of rotatable bonds is 15. The molecule has 1 aromatic heterocycles. The predicted octanol–water partition coefficient (Wildman–Crippen LogP) is 2.46. The highest BCUT2D eigenvalue weighted by Gasteiger charge is 2.36. The van der Waals surface area contributed by atoms with E-state index in [4.69, 9.17) is 49.3 Å². The van der Waals surface area contributed by atoms with Crippen molar-refractivity contribution in [2.45, 2.75) is 70.1 Å². The molecule has 0 radical (unpaired) electrons. The summed E-state index contributed by atoms with van der Waals surface area (Å²) >= 11 is 6.63. The summed E-state index contributed by atoms with van der Waals surface area (Å²) in [6, 6.07) is 16.0. The first-order valence-corrected chi connectivity index (χ1v) is 21.8. The van der Waals surface area contributed by atoms with Gasteiger partial charge in [0, 0.05) is 48.9 Å². The van der Waals surface area contributed by atoms with Crippen LogP contribution in [0.2, 0.25) is 5.15 Å². The second kappa shape index (κ2) is 22.4. The summed E-state index contributed by atoms with van der Waals surface area (Å²) in [5, 5.41) is 19.5. The van der Waals surface area contributed by atoms with Crippen LogP contribution < -0.4 is 53.7 Å². The molecule has 4 bridgehead atoms. The molecule has 18 nitrogen and oxygen atoms in total. The number of nitrogen functional groups attached to an aromatic ring is 1. The van der Waals surface area contributed by atoms with Crippen LogP contribution in [0.25, 0.3) is 22.4 Å². The van der Waals surface area contributed by atoms with Crippen molar-refractivity contribution in [1.29, 1.82) is 5.26 Å². The predicted molar refractivity (Wildman–Crippen MR) is 251 cm³/mol. The van der Waals surface area contributed by atoms with E-state index in [9.17, 15) is 24.0 Å². The Morgan fingerprint density at radius 3 is 2.15 bits per heavy atom. The molecule has 5 amide bonds. The van der Waals surface area contributed by atoms with E-state index in [0.717, 1.165) is 16.0 Å². The Bertz CT molecular complexity index is 2450. The maximum atomic E-state index is 14.7. The number of ether oxygens (including phenoxy) is 2. The van der Waals surface area contributed by atoms with Gasteiger partial charge in [-0.05, 0) is 72.3 Å². The quantitative estimate of drug-likeness (QED) is 0.0629. The molecule has 66 heavy (non-hydrogen) atoms. The van der Waals surface area contributed by atoms with Gasteiger partial charge in [-0.3, -0.25) is 24.0 Å². The topological polar surface area (TPSA) is 296 Å². The number of nitrogens with one attached hydrogen (secondary N) is 4. The highest BCUT2D eigenvalue weighted by Crippen LogP contribution is 2.40. The molecule has 5 rings (SSSR count). The molecule has 12 N–H and O–H groups in total. The number of anilines is 1. The maximum Gasteiger partial charge on any atom is 0.257 e. The third-order valence-electron chi connectivity index (χ3n) is 10.9. The van der Waals surface area contributed by atoms with Crippen LogP contribution in [0.1, 0.15) is 67.2 Å². The number of nitriles is 1. The molecule has 0 aliphatic carbocycles. The molecule has 19 heteroatoms. The maximum absolute atomic E-state index is 14.7. The molecule has 350 valence electrons. The number of carbonyl (C=O) groups is 5. The van der Waals surface area contributed by atoms with Crippen LogP contribution in [0.4, 0.5) is 5.69 Å². The summed E-state index contributed by atoms with van der Waals surface area (Å²) in [4.78, 5) is 75.9. The molecule has 0 fully saturated rings. The Balaban J connectivity index is 1.57. The number of halogens is 1. The van der Waals surface area contributed by atoms with Crippen molar-refractivity contribution < 1.29 is 33.4 Å². The van der Waals surface area contributed by atoms with Gasteiger partial charge in [-0.15, -0.1) is 0 Å². The number of aromatic nitrogens is 1. The van der Waals surface area contributed by atoms with Gasteiger partial charge in [-0.25, -0.2) is 4.98 Å². The molecule has 3 aromatic carbocycles. The lowest BCUT2D eigenvalue weighted by Crippen LogP contribution is -2.56. The van der Waals surface area contributed by atoms with E-state index in [1.54, 1.807) is 36.4 Å². The van der Waals surface area contributed by atoms with E-state index < -0.39 is 53.7 Å². The fourth-order valence-electron chi connectivity index (χ4n) is 7.41. The van der Waals surface area contributed by atoms with Crippen molar-refractivity contribution >= 4 is 46.8 Å². The Morgan fingerprint density at radius 2 is 1.56 bits per heavy atom. The minimum absolute atomic E-state index is 0.0108. The van der Waals surface area contributed by atoms with Crippen LogP contribution in [0, 0.1) is 11.3 Å². The van der Waals surface area contributed by atoms with E-state index in [2.05, 4.69) is 47.0 Å². The van der Waals surface area contributed by atoms with E-state index >= 15 is 0 Å². The Morgan fingerprint density at radius 1 is 0.924 bits per heavy atom. The van der Waals surface area contributed by atoms with Gasteiger partial charge < -0.3 is 58.6 Å². The molecular weight excluding hydrogens is 866 g/mol. The van der Waals surface area contributed by atoms with Crippen LogP contribution in [-0.2, 0) is 31.0 Å². The number of likely N-dealkylation sites (N-methyl/N-ethyl adjacent to an activating group) is 1. The second-order valence-corrected chi connectivity index (χ2v) is 17.1. The lowest BCUT2D eigenvalue weighted by Gasteiger charge is -2.32. The number of pyridine rings is 1. The van der Waals surface area contributed by atoms with Crippen molar-refractivity contribution in [3.63, 3.8) is 0 Å². The number of hydrogen-bond acceptors (Lipinski definition) is 13. The van der Waals surface area contributed by atoms with Crippen molar-refractivity contribution in [1.82, 2.24) is 31.2 Å². The first-order valence-electron chi connectivity index (χ1n) is 21.4. The molecule has 0 saturated carbocycles. The molecular formula is C47H58ClN11O7. The summed E-state index contributed by atoms with van der Waals surface area (Å²) in [5.41, 5.74) is 27.9. The normalized spacial score (nSPS) is 16.6. The van der Waals surface area contributed by atoms with E-state index in [-0.39, 0.29) is 79.6 Å². The summed E-state index contributed by atoms with van der Waals surface area (Å²) in [5.74, 6) is -2.93. The number of amides is 5. The van der Waals surface area contributed by atoms with Crippen LogP contribution in [-0.4, -0.2) is 104 Å². The van der Waals surface area contributed by atoms with Crippen molar-refractivity contribution in [3.05, 3.63) is 94.1 Å². The Kier molecular flexibility index (Phi) is 17.1. The van der Waals surface area contributed by atoms with Gasteiger partial charge >= 0.3 is 0 Å². The largest absolute Gasteiger partial charge is 0.492 e. The van der Waals surface area contributed by atoms with Crippen molar-refractivity contribution in [2.24, 2.45) is 17.2 Å². The van der Waals surface area contributed by atoms with E-state index in [1.807, 2.05) is 30.3 Å². The molecule has 0 unspecified atom stereocenters. The smallest absolute Gasteiger partial charge is 0.257 e. The van der Waals surface area contributed by atoms with Gasteiger partial charge in [0.15, 0.2) is 0 Å². The number of benzene rings is 3. The number of carbonyl (C=O) groups excluding carboxylic acids is 5. The lowest BCUT2D eigenvalue weighted by molar-refractivity contribution is -0.141. The fourth-order valence-corrected chi connectivity index (χ4v) is 7.69. The molecule has 2 heterocycles. The zero-order chi connectivity index (χ0) is 48.3. The minimum Gasteiger partial charge on any atom is -0.492 e. The highest BCUT2D eigenvalue weighted by molar-refractivity contribution is 6.33. The summed E-state index contributed by atoms with van der Waals surface area (Å²) in [7, 11) is 1.38. The number of fused-ring (bicyclic) bond motifs is 5.